The van der Waals surface area contributed by atoms with Gasteiger partial charge in [-0.25, -0.2) is 4.79 Å². The first-order valence-corrected chi connectivity index (χ1v) is 11.3. The van der Waals surface area contributed by atoms with Crippen molar-refractivity contribution in [2.75, 3.05) is 21.3 Å². The summed E-state index contributed by atoms with van der Waals surface area (Å²) < 4.78 is 21.5. The Hall–Kier alpha value is -4.25. The fraction of sp³-hybridized carbons (Fsp3) is 0.167. The van der Waals surface area contributed by atoms with Crippen molar-refractivity contribution in [3.8, 4) is 23.0 Å². The van der Waals surface area contributed by atoms with E-state index < -0.39 is 5.97 Å². The SMILES string of the molecule is COC(=O)c1cc(Cc2ccc(OC)cc2)ccc1Oc1ccc(Cc2ccc(OC)cc2)cc1. The average molecular weight is 469 g/mol. The normalized spacial score (nSPS) is 10.5. The van der Waals surface area contributed by atoms with Gasteiger partial charge in [-0.2, -0.15) is 0 Å². The van der Waals surface area contributed by atoms with Gasteiger partial charge in [0.15, 0.2) is 0 Å². The molecule has 0 bridgehead atoms. The topological polar surface area (TPSA) is 54.0 Å². The largest absolute Gasteiger partial charge is 0.497 e. The third-order valence-electron chi connectivity index (χ3n) is 5.74. The lowest BCUT2D eigenvalue weighted by Crippen LogP contribution is -2.05. The van der Waals surface area contributed by atoms with Gasteiger partial charge in [-0.3, -0.25) is 0 Å². The molecule has 0 aliphatic rings. The molecule has 0 radical (unpaired) electrons. The fourth-order valence-electron chi connectivity index (χ4n) is 3.81. The minimum absolute atomic E-state index is 0.390. The summed E-state index contributed by atoms with van der Waals surface area (Å²) in [4.78, 5) is 12.5. The van der Waals surface area contributed by atoms with Crippen molar-refractivity contribution < 1.29 is 23.7 Å². The monoisotopic (exact) mass is 468 g/mol. The van der Waals surface area contributed by atoms with Crippen molar-refractivity contribution in [3.05, 3.63) is 119 Å². The fourth-order valence-corrected chi connectivity index (χ4v) is 3.81. The molecule has 0 atom stereocenters. The highest BCUT2D eigenvalue weighted by molar-refractivity contribution is 5.92. The maximum absolute atomic E-state index is 12.5. The number of methoxy groups -OCH3 is 3. The van der Waals surface area contributed by atoms with Crippen molar-refractivity contribution in [1.29, 1.82) is 0 Å². The Morgan fingerprint density at radius 1 is 0.571 bits per heavy atom. The lowest BCUT2D eigenvalue weighted by molar-refractivity contribution is 0.0598. The summed E-state index contributed by atoms with van der Waals surface area (Å²) in [5.74, 6) is 2.32. The summed E-state index contributed by atoms with van der Waals surface area (Å²) in [6.45, 7) is 0. The van der Waals surface area contributed by atoms with Crippen molar-refractivity contribution in [1.82, 2.24) is 0 Å². The van der Waals surface area contributed by atoms with Gasteiger partial charge >= 0.3 is 5.97 Å². The zero-order chi connectivity index (χ0) is 24.6. The Morgan fingerprint density at radius 3 is 1.46 bits per heavy atom. The molecule has 178 valence electrons. The number of ether oxygens (including phenoxy) is 4. The van der Waals surface area contributed by atoms with E-state index in [0.29, 0.717) is 23.5 Å². The van der Waals surface area contributed by atoms with Crippen molar-refractivity contribution in [3.63, 3.8) is 0 Å². The van der Waals surface area contributed by atoms with Gasteiger partial charge in [-0.05, 0) is 83.6 Å². The van der Waals surface area contributed by atoms with Crippen LogP contribution in [0.25, 0.3) is 0 Å². The molecule has 0 fully saturated rings. The molecule has 0 spiro atoms. The summed E-state index contributed by atoms with van der Waals surface area (Å²) in [5, 5.41) is 0. The molecule has 0 N–H and O–H groups in total. The van der Waals surface area contributed by atoms with E-state index in [1.165, 1.54) is 12.7 Å². The van der Waals surface area contributed by atoms with Crippen LogP contribution in [0.2, 0.25) is 0 Å². The third kappa shape index (κ3) is 6.21. The van der Waals surface area contributed by atoms with Crippen molar-refractivity contribution in [2.24, 2.45) is 0 Å². The molecule has 4 rings (SSSR count). The molecule has 4 aromatic rings. The number of benzene rings is 4. The maximum atomic E-state index is 12.5. The van der Waals surface area contributed by atoms with Gasteiger partial charge in [0.1, 0.15) is 28.6 Å². The second-order valence-corrected chi connectivity index (χ2v) is 8.12. The van der Waals surface area contributed by atoms with Crippen LogP contribution in [-0.2, 0) is 17.6 Å². The highest BCUT2D eigenvalue weighted by Crippen LogP contribution is 2.29. The van der Waals surface area contributed by atoms with Crippen LogP contribution in [-0.4, -0.2) is 27.3 Å². The molecule has 0 aromatic heterocycles. The quantitative estimate of drug-likeness (QED) is 0.264. The van der Waals surface area contributed by atoms with Gasteiger partial charge in [-0.15, -0.1) is 0 Å². The van der Waals surface area contributed by atoms with E-state index >= 15 is 0 Å². The Kier molecular flexibility index (Phi) is 7.68. The molecule has 0 saturated heterocycles. The number of rotatable bonds is 9. The lowest BCUT2D eigenvalue weighted by Gasteiger charge is -2.13. The van der Waals surface area contributed by atoms with E-state index in [9.17, 15) is 4.79 Å². The minimum atomic E-state index is -0.437. The molecule has 0 amide bonds. The average Bonchev–Trinajstić information content (AvgIpc) is 2.91. The van der Waals surface area contributed by atoms with E-state index in [0.717, 1.165) is 34.6 Å². The molecule has 0 aliphatic heterocycles. The molecule has 0 heterocycles. The molecule has 0 aliphatic carbocycles. The Bertz CT molecular complexity index is 1260. The summed E-state index contributed by atoms with van der Waals surface area (Å²) in [6.07, 6.45) is 1.48. The minimum Gasteiger partial charge on any atom is -0.497 e. The second-order valence-electron chi connectivity index (χ2n) is 8.12. The number of hydrogen-bond acceptors (Lipinski definition) is 5. The zero-order valence-electron chi connectivity index (χ0n) is 20.1. The van der Waals surface area contributed by atoms with Crippen LogP contribution < -0.4 is 14.2 Å². The molecule has 4 aromatic carbocycles. The first-order chi connectivity index (χ1) is 17.1. The smallest absolute Gasteiger partial charge is 0.341 e. The van der Waals surface area contributed by atoms with Gasteiger partial charge in [0.25, 0.3) is 0 Å². The van der Waals surface area contributed by atoms with Gasteiger partial charge in [-0.1, -0.05) is 42.5 Å². The van der Waals surface area contributed by atoms with Gasteiger partial charge in [0.05, 0.1) is 21.3 Å². The van der Waals surface area contributed by atoms with Gasteiger partial charge < -0.3 is 18.9 Å². The van der Waals surface area contributed by atoms with Crippen molar-refractivity contribution >= 4 is 5.97 Å². The second kappa shape index (κ2) is 11.3. The summed E-state index contributed by atoms with van der Waals surface area (Å²) >= 11 is 0. The highest BCUT2D eigenvalue weighted by Gasteiger charge is 2.15. The first-order valence-electron chi connectivity index (χ1n) is 11.3. The number of esters is 1. The van der Waals surface area contributed by atoms with Crippen LogP contribution in [0.3, 0.4) is 0 Å². The van der Waals surface area contributed by atoms with E-state index in [1.54, 1.807) is 14.2 Å². The molecule has 0 saturated carbocycles. The summed E-state index contributed by atoms with van der Waals surface area (Å²) in [5.41, 5.74) is 4.84. The lowest BCUT2D eigenvalue weighted by atomic mass is 10.0. The highest BCUT2D eigenvalue weighted by atomic mass is 16.5. The Morgan fingerprint density at radius 2 is 1.00 bits per heavy atom. The third-order valence-corrected chi connectivity index (χ3v) is 5.74. The molecular formula is C30H28O5. The molecule has 0 unspecified atom stereocenters. The van der Waals surface area contributed by atoms with Crippen LogP contribution in [0.1, 0.15) is 32.6 Å². The van der Waals surface area contributed by atoms with Crippen LogP contribution in [0.15, 0.2) is 91.0 Å². The predicted octanol–water partition coefficient (Wildman–Crippen LogP) is 6.46. The Labute approximate surface area is 205 Å². The molecule has 35 heavy (non-hydrogen) atoms. The Balaban J connectivity index is 1.48. The van der Waals surface area contributed by atoms with Crippen LogP contribution in [0, 0.1) is 0 Å². The summed E-state index contributed by atoms with van der Waals surface area (Å²) in [6, 6.07) is 29.4. The first kappa shape index (κ1) is 23.9. The van der Waals surface area contributed by atoms with Crippen molar-refractivity contribution in [2.45, 2.75) is 12.8 Å². The van der Waals surface area contributed by atoms with E-state index in [-0.39, 0.29) is 0 Å². The maximum Gasteiger partial charge on any atom is 0.341 e. The summed E-state index contributed by atoms with van der Waals surface area (Å²) in [7, 11) is 4.68. The van der Waals surface area contributed by atoms with E-state index in [2.05, 4.69) is 12.1 Å². The van der Waals surface area contributed by atoms with Crippen LogP contribution in [0.5, 0.6) is 23.0 Å². The molecule has 5 nitrogen and oxygen atoms in total. The van der Waals surface area contributed by atoms with Gasteiger partial charge in [0.2, 0.25) is 0 Å². The van der Waals surface area contributed by atoms with Crippen LogP contribution in [0.4, 0.5) is 0 Å². The van der Waals surface area contributed by atoms with Crippen LogP contribution >= 0.6 is 0 Å². The zero-order valence-corrected chi connectivity index (χ0v) is 20.1. The van der Waals surface area contributed by atoms with E-state index in [4.69, 9.17) is 18.9 Å². The molecular weight excluding hydrogens is 440 g/mol. The number of carbonyl (C=O) groups excluding carboxylic acids is 1. The molecule has 5 heteroatoms. The standard InChI is InChI=1S/C30H28O5/c1-32-25-11-4-21(5-12-25)18-22-8-15-27(16-9-22)35-29-17-10-24(20-28(29)30(31)34-3)19-23-6-13-26(33-2)14-7-23/h4-17,20H,18-19H2,1-3H3. The number of hydrogen-bond donors (Lipinski definition) is 0. The van der Waals surface area contributed by atoms with E-state index in [1.807, 2.05) is 78.9 Å². The predicted molar refractivity (Wildman–Crippen MR) is 136 cm³/mol. The number of carbonyl (C=O) groups is 1. The van der Waals surface area contributed by atoms with Gasteiger partial charge in [0, 0.05) is 0 Å².